The van der Waals surface area contributed by atoms with Gasteiger partial charge < -0.3 is 10.0 Å². The zero-order valence-electron chi connectivity index (χ0n) is 13.4. The molecule has 0 saturated carbocycles. The van der Waals surface area contributed by atoms with Crippen molar-refractivity contribution in [3.05, 3.63) is 18.2 Å². The lowest BCUT2D eigenvalue weighted by molar-refractivity contribution is -0.142. The van der Waals surface area contributed by atoms with Crippen molar-refractivity contribution >= 4 is 11.9 Å². The fraction of sp³-hybridized carbons (Fsp3) is 0.688. The molecule has 3 heterocycles. The maximum absolute atomic E-state index is 12.9. The van der Waals surface area contributed by atoms with Gasteiger partial charge >= 0.3 is 5.97 Å². The quantitative estimate of drug-likeness (QED) is 0.911. The number of piperidine rings is 1. The molecule has 2 saturated heterocycles. The third-order valence-electron chi connectivity index (χ3n) is 5.12. The van der Waals surface area contributed by atoms with Crippen LogP contribution in [0.3, 0.4) is 0 Å². The topological polar surface area (TPSA) is 69.6 Å². The molecule has 0 aromatic carbocycles. The Morgan fingerprint density at radius 1 is 1.39 bits per heavy atom. The summed E-state index contributed by atoms with van der Waals surface area (Å²) < 4.78 is 12.9. The number of halogens is 1. The molecule has 23 heavy (non-hydrogen) atoms. The largest absolute Gasteiger partial charge is 0.480 e. The van der Waals surface area contributed by atoms with Gasteiger partial charge in [-0.1, -0.05) is 6.92 Å². The lowest BCUT2D eigenvalue weighted by atomic mass is 9.76. The zero-order valence-corrected chi connectivity index (χ0v) is 13.4. The Balaban J connectivity index is 1.66. The van der Waals surface area contributed by atoms with Crippen LogP contribution in [0.2, 0.25) is 0 Å². The third kappa shape index (κ3) is 3.29. The van der Waals surface area contributed by atoms with Crippen LogP contribution in [0.15, 0.2) is 12.4 Å². The Hall–Kier alpha value is -1.76. The van der Waals surface area contributed by atoms with E-state index in [0.29, 0.717) is 5.95 Å². The Labute approximate surface area is 135 Å². The molecular formula is C16H23FN4O2. The average molecular weight is 322 g/mol. The van der Waals surface area contributed by atoms with Gasteiger partial charge in [-0.05, 0) is 37.6 Å². The molecule has 126 valence electrons. The molecule has 6 nitrogen and oxygen atoms in total. The van der Waals surface area contributed by atoms with Gasteiger partial charge in [-0.2, -0.15) is 0 Å². The van der Waals surface area contributed by atoms with Gasteiger partial charge in [0.2, 0.25) is 5.95 Å². The SMILES string of the molecule is CCCN1CC2(CCN(c3ncc(F)cn3)CC2)C[C@@H]1C(=O)O. The number of aromatic nitrogens is 2. The number of nitrogens with zero attached hydrogens (tertiary/aromatic N) is 4. The fourth-order valence-corrected chi connectivity index (χ4v) is 3.92. The molecule has 1 aromatic heterocycles. The minimum absolute atomic E-state index is 0.0781. The maximum Gasteiger partial charge on any atom is 0.320 e. The van der Waals surface area contributed by atoms with E-state index in [1.807, 2.05) is 0 Å². The number of carboxylic acid groups (broad SMARTS) is 1. The van der Waals surface area contributed by atoms with Crippen molar-refractivity contribution in [2.75, 3.05) is 31.1 Å². The van der Waals surface area contributed by atoms with E-state index in [4.69, 9.17) is 0 Å². The number of carbonyl (C=O) groups is 1. The van der Waals surface area contributed by atoms with Gasteiger partial charge in [0.1, 0.15) is 6.04 Å². The van der Waals surface area contributed by atoms with Crippen LogP contribution in [0, 0.1) is 11.2 Å². The van der Waals surface area contributed by atoms with Crippen molar-refractivity contribution in [1.29, 1.82) is 0 Å². The van der Waals surface area contributed by atoms with E-state index in [-0.39, 0.29) is 11.5 Å². The summed E-state index contributed by atoms with van der Waals surface area (Å²) in [5, 5.41) is 9.47. The number of hydrogen-bond donors (Lipinski definition) is 1. The molecule has 7 heteroatoms. The van der Waals surface area contributed by atoms with Crippen molar-refractivity contribution in [3.8, 4) is 0 Å². The summed E-state index contributed by atoms with van der Waals surface area (Å²) in [6, 6.07) is -0.358. The Morgan fingerprint density at radius 3 is 2.61 bits per heavy atom. The first-order valence-electron chi connectivity index (χ1n) is 8.22. The Morgan fingerprint density at radius 2 is 2.04 bits per heavy atom. The second kappa shape index (κ2) is 6.39. The molecular weight excluding hydrogens is 299 g/mol. The van der Waals surface area contributed by atoms with E-state index in [2.05, 4.69) is 26.7 Å². The van der Waals surface area contributed by atoms with E-state index in [1.165, 1.54) is 12.4 Å². The molecule has 2 aliphatic rings. The summed E-state index contributed by atoms with van der Waals surface area (Å²) >= 11 is 0. The van der Waals surface area contributed by atoms with Crippen LogP contribution in [0.4, 0.5) is 10.3 Å². The molecule has 0 aliphatic carbocycles. The van der Waals surface area contributed by atoms with E-state index < -0.39 is 11.8 Å². The van der Waals surface area contributed by atoms with Gasteiger partial charge in [-0.15, -0.1) is 0 Å². The smallest absolute Gasteiger partial charge is 0.320 e. The first kappa shape index (κ1) is 16.1. The predicted octanol–water partition coefficient (Wildman–Crippen LogP) is 1.77. The summed E-state index contributed by atoms with van der Waals surface area (Å²) in [4.78, 5) is 23.8. The summed E-state index contributed by atoms with van der Waals surface area (Å²) in [7, 11) is 0. The van der Waals surface area contributed by atoms with E-state index in [9.17, 15) is 14.3 Å². The van der Waals surface area contributed by atoms with Gasteiger partial charge in [0, 0.05) is 19.6 Å². The van der Waals surface area contributed by atoms with Crippen molar-refractivity contribution in [2.24, 2.45) is 5.41 Å². The highest BCUT2D eigenvalue weighted by Gasteiger charge is 2.47. The average Bonchev–Trinajstić information content (AvgIpc) is 2.88. The molecule has 1 atom stereocenters. The zero-order chi connectivity index (χ0) is 16.4. The van der Waals surface area contributed by atoms with Crippen LogP contribution in [0.25, 0.3) is 0 Å². The standard InChI is InChI=1S/C16H23FN4O2/c1-2-5-21-11-16(8-13(21)14(22)23)3-6-20(7-4-16)15-18-9-12(17)10-19-15/h9-10,13H,2-8,11H2,1H3,(H,22,23)/t13-/m1/s1. The summed E-state index contributed by atoms with van der Waals surface area (Å²) in [6.07, 6.45) is 5.92. The minimum Gasteiger partial charge on any atom is -0.480 e. The Bertz CT molecular complexity index is 558. The molecule has 0 radical (unpaired) electrons. The molecule has 1 N–H and O–H groups in total. The van der Waals surface area contributed by atoms with Crippen LogP contribution >= 0.6 is 0 Å². The van der Waals surface area contributed by atoms with Crippen LogP contribution in [-0.4, -0.2) is 58.2 Å². The van der Waals surface area contributed by atoms with Crippen molar-refractivity contribution < 1.29 is 14.3 Å². The van der Waals surface area contributed by atoms with Crippen LogP contribution in [-0.2, 0) is 4.79 Å². The van der Waals surface area contributed by atoms with Gasteiger partial charge in [0.25, 0.3) is 0 Å². The number of aliphatic carboxylic acids is 1. The van der Waals surface area contributed by atoms with Crippen molar-refractivity contribution in [1.82, 2.24) is 14.9 Å². The van der Waals surface area contributed by atoms with Crippen LogP contribution < -0.4 is 4.90 Å². The summed E-state index contributed by atoms with van der Waals surface area (Å²) in [5.74, 6) is -0.586. The van der Waals surface area contributed by atoms with Gasteiger partial charge in [-0.25, -0.2) is 14.4 Å². The molecule has 0 unspecified atom stereocenters. The first-order chi connectivity index (χ1) is 11.0. The highest BCUT2D eigenvalue weighted by atomic mass is 19.1. The number of anilines is 1. The fourth-order valence-electron chi connectivity index (χ4n) is 3.92. The first-order valence-corrected chi connectivity index (χ1v) is 8.22. The van der Waals surface area contributed by atoms with Crippen LogP contribution in [0.1, 0.15) is 32.6 Å². The van der Waals surface area contributed by atoms with Gasteiger partial charge in [-0.3, -0.25) is 9.69 Å². The number of carboxylic acids is 1. The molecule has 0 bridgehead atoms. The second-order valence-electron chi connectivity index (χ2n) is 6.72. The lowest BCUT2D eigenvalue weighted by Gasteiger charge is -2.39. The summed E-state index contributed by atoms with van der Waals surface area (Å²) in [6.45, 7) is 5.35. The van der Waals surface area contributed by atoms with E-state index in [0.717, 1.165) is 51.9 Å². The van der Waals surface area contributed by atoms with E-state index in [1.54, 1.807) is 0 Å². The molecule has 1 spiro atoms. The van der Waals surface area contributed by atoms with Crippen LogP contribution in [0.5, 0.6) is 0 Å². The number of likely N-dealkylation sites (tertiary alicyclic amines) is 1. The predicted molar refractivity (Wildman–Crippen MR) is 83.8 cm³/mol. The highest BCUT2D eigenvalue weighted by molar-refractivity contribution is 5.74. The second-order valence-corrected chi connectivity index (χ2v) is 6.72. The van der Waals surface area contributed by atoms with Gasteiger partial charge in [0.05, 0.1) is 12.4 Å². The van der Waals surface area contributed by atoms with E-state index >= 15 is 0 Å². The normalized spacial score (nSPS) is 24.3. The number of hydrogen-bond acceptors (Lipinski definition) is 5. The molecule has 2 aliphatic heterocycles. The third-order valence-corrected chi connectivity index (χ3v) is 5.12. The maximum atomic E-state index is 12.9. The molecule has 2 fully saturated rings. The Kier molecular flexibility index (Phi) is 4.48. The number of rotatable bonds is 4. The van der Waals surface area contributed by atoms with Crippen molar-refractivity contribution in [3.63, 3.8) is 0 Å². The van der Waals surface area contributed by atoms with Gasteiger partial charge in [0.15, 0.2) is 5.82 Å². The molecule has 0 amide bonds. The summed E-state index contributed by atoms with van der Waals surface area (Å²) in [5.41, 5.74) is 0.0781. The lowest BCUT2D eigenvalue weighted by Crippen LogP contribution is -2.42. The minimum atomic E-state index is -0.709. The molecule has 1 aromatic rings. The monoisotopic (exact) mass is 322 g/mol. The highest BCUT2D eigenvalue weighted by Crippen LogP contribution is 2.43. The van der Waals surface area contributed by atoms with Crippen molar-refractivity contribution in [2.45, 2.75) is 38.6 Å². The molecule has 3 rings (SSSR count).